The molecule has 2 N–H and O–H groups in total. The number of anilines is 2. The Morgan fingerprint density at radius 2 is 1.65 bits per heavy atom. The van der Waals surface area contributed by atoms with Gasteiger partial charge in [0.15, 0.2) is 11.6 Å². The summed E-state index contributed by atoms with van der Waals surface area (Å²) in [5, 5.41) is 5.05. The van der Waals surface area contributed by atoms with Gasteiger partial charge in [-0.3, -0.25) is 9.59 Å². The first-order valence-electron chi connectivity index (χ1n) is 8.41. The number of hydrogen-bond donors (Lipinski definition) is 2. The van der Waals surface area contributed by atoms with Crippen molar-refractivity contribution in [1.82, 2.24) is 5.32 Å². The molecule has 0 saturated carbocycles. The monoisotopic (exact) mass is 359 g/mol. The average Bonchev–Trinajstić information content (AvgIpc) is 3.17. The molecule has 2 aromatic rings. The van der Waals surface area contributed by atoms with Crippen LogP contribution >= 0.6 is 0 Å². The second-order valence-electron chi connectivity index (χ2n) is 6.10. The van der Waals surface area contributed by atoms with Crippen LogP contribution in [0.3, 0.4) is 0 Å². The van der Waals surface area contributed by atoms with Gasteiger partial charge in [0.05, 0.1) is 6.54 Å². The molecule has 3 rings (SSSR count). The SMILES string of the molecule is O=C(CNC(=O)c1ccc(F)c(F)c1)Nc1ccc(N2CCCC2)cc1. The lowest BCUT2D eigenvalue weighted by molar-refractivity contribution is -0.115. The fourth-order valence-corrected chi connectivity index (χ4v) is 2.84. The summed E-state index contributed by atoms with van der Waals surface area (Å²) in [5.74, 6) is -3.20. The highest BCUT2D eigenvalue weighted by Gasteiger charge is 2.13. The summed E-state index contributed by atoms with van der Waals surface area (Å²) >= 11 is 0. The molecule has 0 spiro atoms. The van der Waals surface area contributed by atoms with Crippen LogP contribution in [0, 0.1) is 11.6 Å². The van der Waals surface area contributed by atoms with E-state index in [2.05, 4.69) is 15.5 Å². The van der Waals surface area contributed by atoms with Crippen LogP contribution in [0.2, 0.25) is 0 Å². The van der Waals surface area contributed by atoms with Gasteiger partial charge in [0.25, 0.3) is 5.91 Å². The summed E-state index contributed by atoms with van der Waals surface area (Å²) in [6.07, 6.45) is 2.38. The third-order valence-corrected chi connectivity index (χ3v) is 4.21. The molecule has 1 aliphatic heterocycles. The maximum Gasteiger partial charge on any atom is 0.251 e. The largest absolute Gasteiger partial charge is 0.372 e. The van der Waals surface area contributed by atoms with Crippen LogP contribution in [-0.2, 0) is 4.79 Å². The van der Waals surface area contributed by atoms with Gasteiger partial charge in [0.1, 0.15) is 0 Å². The van der Waals surface area contributed by atoms with E-state index in [1.54, 1.807) is 0 Å². The molecule has 0 aromatic heterocycles. The minimum absolute atomic E-state index is 0.0494. The molecule has 1 saturated heterocycles. The predicted octanol–water partition coefficient (Wildman–Crippen LogP) is 2.93. The van der Waals surface area contributed by atoms with Crippen LogP contribution in [-0.4, -0.2) is 31.4 Å². The Morgan fingerprint density at radius 3 is 2.31 bits per heavy atom. The van der Waals surface area contributed by atoms with Crippen LogP contribution in [0.4, 0.5) is 20.2 Å². The Hall–Kier alpha value is -2.96. The van der Waals surface area contributed by atoms with Crippen LogP contribution < -0.4 is 15.5 Å². The summed E-state index contributed by atoms with van der Waals surface area (Å²) in [7, 11) is 0. The smallest absolute Gasteiger partial charge is 0.251 e. The van der Waals surface area contributed by atoms with E-state index < -0.39 is 23.4 Å². The number of carbonyl (C=O) groups is 2. The molecule has 136 valence electrons. The van der Waals surface area contributed by atoms with Gasteiger partial charge in [-0.15, -0.1) is 0 Å². The fraction of sp³-hybridized carbons (Fsp3) is 0.263. The molecular formula is C19H19F2N3O2. The number of rotatable bonds is 5. The number of amides is 2. The number of nitrogens with one attached hydrogen (secondary N) is 2. The maximum atomic E-state index is 13.1. The lowest BCUT2D eigenvalue weighted by Gasteiger charge is -2.17. The number of nitrogens with zero attached hydrogens (tertiary/aromatic N) is 1. The fourth-order valence-electron chi connectivity index (χ4n) is 2.84. The van der Waals surface area contributed by atoms with Gasteiger partial charge in [-0.2, -0.15) is 0 Å². The third kappa shape index (κ3) is 4.36. The van der Waals surface area contributed by atoms with Gasteiger partial charge in [-0.1, -0.05) is 0 Å². The highest BCUT2D eigenvalue weighted by atomic mass is 19.2. The third-order valence-electron chi connectivity index (χ3n) is 4.21. The van der Waals surface area contributed by atoms with Crippen molar-refractivity contribution >= 4 is 23.2 Å². The Balaban J connectivity index is 1.50. The second kappa shape index (κ2) is 7.95. The van der Waals surface area contributed by atoms with Gasteiger partial charge in [0, 0.05) is 30.0 Å². The van der Waals surface area contributed by atoms with Crippen LogP contribution in [0.1, 0.15) is 23.2 Å². The molecule has 7 heteroatoms. The van der Waals surface area contributed by atoms with Crippen LogP contribution in [0.25, 0.3) is 0 Å². The maximum absolute atomic E-state index is 13.1. The summed E-state index contributed by atoms with van der Waals surface area (Å²) in [4.78, 5) is 26.1. The molecule has 0 unspecified atom stereocenters. The summed E-state index contributed by atoms with van der Waals surface area (Å²) in [6, 6.07) is 10.3. The van der Waals surface area contributed by atoms with E-state index in [9.17, 15) is 18.4 Å². The Kier molecular flexibility index (Phi) is 5.46. The molecule has 2 amide bonds. The molecule has 1 aliphatic rings. The lowest BCUT2D eigenvalue weighted by atomic mass is 10.2. The Bertz CT molecular complexity index is 803. The standard InChI is InChI=1S/C19H19F2N3O2/c20-16-8-3-13(11-17(16)21)19(26)22-12-18(25)23-14-4-6-15(7-5-14)24-9-1-2-10-24/h3-8,11H,1-2,9-10,12H2,(H,22,26)(H,23,25). The van der Waals surface area contributed by atoms with Gasteiger partial charge < -0.3 is 15.5 Å². The zero-order valence-corrected chi connectivity index (χ0v) is 14.1. The minimum Gasteiger partial charge on any atom is -0.372 e. The van der Waals surface area contributed by atoms with E-state index in [1.807, 2.05) is 24.3 Å². The Morgan fingerprint density at radius 1 is 0.962 bits per heavy atom. The highest BCUT2D eigenvalue weighted by Crippen LogP contribution is 2.21. The Labute approximate surface area is 150 Å². The molecule has 2 aromatic carbocycles. The van der Waals surface area contributed by atoms with Crippen molar-refractivity contribution in [1.29, 1.82) is 0 Å². The van der Waals surface area contributed by atoms with E-state index in [-0.39, 0.29) is 12.1 Å². The van der Waals surface area contributed by atoms with E-state index in [1.165, 1.54) is 12.8 Å². The zero-order valence-electron chi connectivity index (χ0n) is 14.1. The molecular weight excluding hydrogens is 340 g/mol. The molecule has 1 heterocycles. The normalized spacial score (nSPS) is 13.5. The van der Waals surface area contributed by atoms with Gasteiger partial charge in [-0.05, 0) is 55.3 Å². The molecule has 26 heavy (non-hydrogen) atoms. The minimum atomic E-state index is -1.11. The van der Waals surface area contributed by atoms with Crippen molar-refractivity contribution in [3.05, 3.63) is 59.7 Å². The van der Waals surface area contributed by atoms with Crippen LogP contribution in [0.5, 0.6) is 0 Å². The number of hydrogen-bond acceptors (Lipinski definition) is 3. The molecule has 0 atom stereocenters. The second-order valence-corrected chi connectivity index (χ2v) is 6.10. The summed E-state index contributed by atoms with van der Waals surface area (Å²) in [5.41, 5.74) is 1.69. The van der Waals surface area contributed by atoms with E-state index in [0.29, 0.717) is 5.69 Å². The van der Waals surface area contributed by atoms with Crippen molar-refractivity contribution < 1.29 is 18.4 Å². The quantitative estimate of drug-likeness (QED) is 0.863. The number of benzene rings is 2. The van der Waals surface area contributed by atoms with Crippen molar-refractivity contribution in [2.45, 2.75) is 12.8 Å². The van der Waals surface area contributed by atoms with E-state index >= 15 is 0 Å². The summed E-state index contributed by atoms with van der Waals surface area (Å²) in [6.45, 7) is 1.81. The van der Waals surface area contributed by atoms with E-state index in [4.69, 9.17) is 0 Å². The highest BCUT2D eigenvalue weighted by molar-refractivity contribution is 5.99. The molecule has 0 radical (unpaired) electrons. The van der Waals surface area contributed by atoms with Crippen molar-refractivity contribution in [2.24, 2.45) is 0 Å². The molecule has 0 aliphatic carbocycles. The lowest BCUT2D eigenvalue weighted by Crippen LogP contribution is -2.32. The van der Waals surface area contributed by atoms with Gasteiger partial charge >= 0.3 is 0 Å². The first-order valence-corrected chi connectivity index (χ1v) is 8.41. The van der Waals surface area contributed by atoms with Crippen LogP contribution in [0.15, 0.2) is 42.5 Å². The topological polar surface area (TPSA) is 61.4 Å². The molecule has 5 nitrogen and oxygen atoms in total. The van der Waals surface area contributed by atoms with Crippen molar-refractivity contribution in [3.63, 3.8) is 0 Å². The van der Waals surface area contributed by atoms with Crippen molar-refractivity contribution in [2.75, 3.05) is 29.9 Å². The van der Waals surface area contributed by atoms with Gasteiger partial charge in [0.2, 0.25) is 5.91 Å². The summed E-state index contributed by atoms with van der Waals surface area (Å²) < 4.78 is 26.0. The molecule has 1 fully saturated rings. The first-order chi connectivity index (χ1) is 12.5. The molecule has 0 bridgehead atoms. The average molecular weight is 359 g/mol. The number of carbonyl (C=O) groups excluding carboxylic acids is 2. The van der Waals surface area contributed by atoms with E-state index in [0.717, 1.165) is 37.0 Å². The van der Waals surface area contributed by atoms with Gasteiger partial charge in [-0.25, -0.2) is 8.78 Å². The predicted molar refractivity (Wildman–Crippen MR) is 95.2 cm³/mol. The number of halogens is 2. The zero-order chi connectivity index (χ0) is 18.5. The van der Waals surface area contributed by atoms with Crippen molar-refractivity contribution in [3.8, 4) is 0 Å². The first kappa shape index (κ1) is 17.8.